The van der Waals surface area contributed by atoms with Gasteiger partial charge in [0.25, 0.3) is 0 Å². The average Bonchev–Trinajstić information content (AvgIpc) is 2.51. The van der Waals surface area contributed by atoms with Gasteiger partial charge < -0.3 is 5.32 Å². The minimum Gasteiger partial charge on any atom is -0.369 e. The molecule has 0 spiro atoms. The molecule has 0 radical (unpaired) electrons. The first-order valence-corrected chi connectivity index (χ1v) is 7.96. The highest BCUT2D eigenvalue weighted by atomic mass is 127. The summed E-state index contributed by atoms with van der Waals surface area (Å²) >= 11 is 8.45. The molecule has 6 heteroatoms. The van der Waals surface area contributed by atoms with Gasteiger partial charge in [-0.2, -0.15) is 0 Å². The van der Waals surface area contributed by atoms with Crippen LogP contribution in [0.2, 0.25) is 5.02 Å². The molecule has 0 bridgehead atoms. The van der Waals surface area contributed by atoms with Crippen LogP contribution in [0.25, 0.3) is 22.3 Å². The number of benzene rings is 1. The number of aromatic nitrogens is 3. The molecular weight excluding hydrogens is 399 g/mol. The summed E-state index contributed by atoms with van der Waals surface area (Å²) in [5.74, 6) is 1.48. The first-order chi connectivity index (χ1) is 10.2. The van der Waals surface area contributed by atoms with Gasteiger partial charge in [0.15, 0.2) is 5.82 Å². The lowest BCUT2D eigenvalue weighted by Crippen LogP contribution is -2.04. The van der Waals surface area contributed by atoms with E-state index in [-0.39, 0.29) is 0 Å². The highest BCUT2D eigenvalue weighted by Gasteiger charge is 2.12. The van der Waals surface area contributed by atoms with Crippen LogP contribution in [0.4, 0.5) is 5.82 Å². The van der Waals surface area contributed by atoms with E-state index in [1.807, 2.05) is 37.4 Å². The Morgan fingerprint density at radius 1 is 1.24 bits per heavy atom. The standard InChI is InChI=1S/C15H12ClIN4/c1-2-18-15-12(17)8-20-14(21-15)10-5-6-11(16)9-4-3-7-19-13(9)10/h3-8H,2H2,1H3,(H,18,20,21). The Morgan fingerprint density at radius 3 is 2.90 bits per heavy atom. The van der Waals surface area contributed by atoms with Crippen LogP contribution in [0.3, 0.4) is 0 Å². The lowest BCUT2D eigenvalue weighted by atomic mass is 10.1. The molecule has 0 saturated heterocycles. The van der Waals surface area contributed by atoms with Crippen LogP contribution in [0.5, 0.6) is 0 Å². The van der Waals surface area contributed by atoms with Crippen molar-refractivity contribution in [1.29, 1.82) is 0 Å². The fraction of sp³-hybridized carbons (Fsp3) is 0.133. The minimum atomic E-state index is 0.645. The van der Waals surface area contributed by atoms with E-state index in [1.54, 1.807) is 6.20 Å². The summed E-state index contributed by atoms with van der Waals surface area (Å²) in [6, 6.07) is 7.59. The largest absolute Gasteiger partial charge is 0.369 e. The molecule has 4 nitrogen and oxygen atoms in total. The summed E-state index contributed by atoms with van der Waals surface area (Å²) in [4.78, 5) is 13.5. The molecule has 0 amide bonds. The predicted molar refractivity (Wildman–Crippen MR) is 94.7 cm³/mol. The fourth-order valence-corrected chi connectivity index (χ4v) is 2.77. The van der Waals surface area contributed by atoms with Crippen molar-refractivity contribution < 1.29 is 0 Å². The monoisotopic (exact) mass is 410 g/mol. The number of anilines is 1. The van der Waals surface area contributed by atoms with Gasteiger partial charge >= 0.3 is 0 Å². The molecule has 21 heavy (non-hydrogen) atoms. The number of hydrogen-bond donors (Lipinski definition) is 1. The lowest BCUT2D eigenvalue weighted by molar-refractivity contribution is 1.10. The smallest absolute Gasteiger partial charge is 0.163 e. The van der Waals surface area contributed by atoms with Gasteiger partial charge in [-0.3, -0.25) is 4.98 Å². The summed E-state index contributed by atoms with van der Waals surface area (Å²) < 4.78 is 0.990. The third kappa shape index (κ3) is 2.80. The van der Waals surface area contributed by atoms with Crippen LogP contribution in [0, 0.1) is 3.57 Å². The van der Waals surface area contributed by atoms with Crippen molar-refractivity contribution in [3.8, 4) is 11.4 Å². The van der Waals surface area contributed by atoms with Gasteiger partial charge in [-0.15, -0.1) is 0 Å². The maximum Gasteiger partial charge on any atom is 0.163 e. The normalized spacial score (nSPS) is 10.8. The van der Waals surface area contributed by atoms with Gasteiger partial charge in [0.1, 0.15) is 5.82 Å². The molecule has 3 rings (SSSR count). The van der Waals surface area contributed by atoms with Crippen molar-refractivity contribution in [2.24, 2.45) is 0 Å². The molecule has 106 valence electrons. The number of rotatable bonds is 3. The molecule has 2 aromatic heterocycles. The highest BCUT2D eigenvalue weighted by Crippen LogP contribution is 2.30. The molecule has 0 saturated carbocycles. The third-order valence-electron chi connectivity index (χ3n) is 3.05. The zero-order valence-corrected chi connectivity index (χ0v) is 14.2. The van der Waals surface area contributed by atoms with E-state index in [0.717, 1.165) is 32.4 Å². The topological polar surface area (TPSA) is 50.7 Å². The number of hydrogen-bond acceptors (Lipinski definition) is 4. The van der Waals surface area contributed by atoms with E-state index >= 15 is 0 Å². The summed E-state index contributed by atoms with van der Waals surface area (Å²) in [7, 11) is 0. The summed E-state index contributed by atoms with van der Waals surface area (Å²) in [6.45, 7) is 2.85. The maximum atomic E-state index is 6.23. The summed E-state index contributed by atoms with van der Waals surface area (Å²) in [6.07, 6.45) is 3.56. The van der Waals surface area contributed by atoms with E-state index in [9.17, 15) is 0 Å². The van der Waals surface area contributed by atoms with Gasteiger partial charge in [0, 0.05) is 29.9 Å². The maximum absolute atomic E-state index is 6.23. The number of halogens is 2. The van der Waals surface area contributed by atoms with Gasteiger partial charge in [0.2, 0.25) is 0 Å². The Balaban J connectivity index is 2.21. The molecule has 3 aromatic rings. The predicted octanol–water partition coefficient (Wildman–Crippen LogP) is 4.38. The number of nitrogens with zero attached hydrogens (tertiary/aromatic N) is 3. The van der Waals surface area contributed by atoms with E-state index in [2.05, 4.69) is 42.9 Å². The van der Waals surface area contributed by atoms with Crippen molar-refractivity contribution in [2.45, 2.75) is 6.92 Å². The van der Waals surface area contributed by atoms with Crippen molar-refractivity contribution >= 4 is 50.9 Å². The van der Waals surface area contributed by atoms with Crippen molar-refractivity contribution in [3.63, 3.8) is 0 Å². The zero-order valence-electron chi connectivity index (χ0n) is 11.3. The zero-order chi connectivity index (χ0) is 14.8. The van der Waals surface area contributed by atoms with Gasteiger partial charge in [-0.05, 0) is 53.8 Å². The Labute approximate surface area is 141 Å². The molecular formula is C15H12ClIN4. The van der Waals surface area contributed by atoms with E-state index in [4.69, 9.17) is 11.6 Å². The van der Waals surface area contributed by atoms with E-state index in [1.165, 1.54) is 0 Å². The Hall–Kier alpha value is -1.47. The van der Waals surface area contributed by atoms with Crippen LogP contribution < -0.4 is 5.32 Å². The molecule has 0 aliphatic rings. The number of pyridine rings is 1. The van der Waals surface area contributed by atoms with Crippen molar-refractivity contribution in [3.05, 3.63) is 45.3 Å². The van der Waals surface area contributed by atoms with Crippen LogP contribution in [-0.2, 0) is 0 Å². The van der Waals surface area contributed by atoms with Gasteiger partial charge in [-0.1, -0.05) is 11.6 Å². The molecule has 0 aliphatic heterocycles. The average molecular weight is 411 g/mol. The summed E-state index contributed by atoms with van der Waals surface area (Å²) in [5, 5.41) is 4.83. The number of fused-ring (bicyclic) bond motifs is 1. The molecule has 0 aliphatic carbocycles. The summed E-state index contributed by atoms with van der Waals surface area (Å²) in [5.41, 5.74) is 1.69. The molecule has 2 heterocycles. The van der Waals surface area contributed by atoms with Crippen LogP contribution >= 0.6 is 34.2 Å². The quantitative estimate of drug-likeness (QED) is 0.651. The van der Waals surface area contributed by atoms with Crippen molar-refractivity contribution in [1.82, 2.24) is 15.0 Å². The van der Waals surface area contributed by atoms with Crippen molar-refractivity contribution in [2.75, 3.05) is 11.9 Å². The molecule has 0 fully saturated rings. The first kappa shape index (κ1) is 14.5. The molecule has 1 aromatic carbocycles. The molecule has 1 N–H and O–H groups in total. The minimum absolute atomic E-state index is 0.645. The van der Waals surface area contributed by atoms with Crippen LogP contribution in [0.15, 0.2) is 36.7 Å². The fourth-order valence-electron chi connectivity index (χ4n) is 2.11. The molecule has 0 atom stereocenters. The second-order valence-corrected chi connectivity index (χ2v) is 5.98. The van der Waals surface area contributed by atoms with E-state index < -0.39 is 0 Å². The number of nitrogens with one attached hydrogen (secondary N) is 1. The second kappa shape index (κ2) is 6.11. The first-order valence-electron chi connectivity index (χ1n) is 6.50. The van der Waals surface area contributed by atoms with E-state index in [0.29, 0.717) is 10.8 Å². The lowest BCUT2D eigenvalue weighted by Gasteiger charge is -2.09. The Bertz CT molecular complexity index is 807. The SMILES string of the molecule is CCNc1nc(-c2ccc(Cl)c3cccnc23)ncc1I. The molecule has 0 unspecified atom stereocenters. The second-order valence-electron chi connectivity index (χ2n) is 4.41. The van der Waals surface area contributed by atoms with Gasteiger partial charge in [0.05, 0.1) is 14.1 Å². The van der Waals surface area contributed by atoms with Crippen LogP contribution in [0.1, 0.15) is 6.92 Å². The van der Waals surface area contributed by atoms with Crippen LogP contribution in [-0.4, -0.2) is 21.5 Å². The van der Waals surface area contributed by atoms with Gasteiger partial charge in [-0.25, -0.2) is 9.97 Å². The Morgan fingerprint density at radius 2 is 2.10 bits per heavy atom. The Kier molecular flexibility index (Phi) is 4.21. The highest BCUT2D eigenvalue weighted by molar-refractivity contribution is 14.1. The third-order valence-corrected chi connectivity index (χ3v) is 4.16.